The Labute approximate surface area is 138 Å². The van der Waals surface area contributed by atoms with E-state index in [1.807, 2.05) is 11.4 Å². The molecule has 8 heteroatoms. The molecule has 2 rings (SSSR count). The molecule has 0 fully saturated rings. The molecule has 0 saturated heterocycles. The number of nitrogens with two attached hydrogens (primary N) is 1. The van der Waals surface area contributed by atoms with Crippen molar-refractivity contribution in [2.75, 3.05) is 12.8 Å². The van der Waals surface area contributed by atoms with Gasteiger partial charge >= 0.3 is 0 Å². The quantitative estimate of drug-likeness (QED) is 0.739. The molecular weight excluding hydrogens is 428 g/mol. The number of anilines is 1. The van der Waals surface area contributed by atoms with Gasteiger partial charge in [-0.2, -0.15) is 4.31 Å². The van der Waals surface area contributed by atoms with Crippen molar-refractivity contribution in [2.45, 2.75) is 11.4 Å². The highest BCUT2D eigenvalue weighted by Crippen LogP contribution is 2.28. The van der Waals surface area contributed by atoms with Crippen molar-refractivity contribution in [1.29, 1.82) is 0 Å². The molecule has 1 aromatic heterocycles. The number of hydrogen-bond donors (Lipinski definition) is 1. The number of rotatable bonds is 4. The largest absolute Gasteiger partial charge is 0.399 e. The molecule has 0 amide bonds. The fraction of sp³-hybridized carbons (Fsp3) is 0.167. The van der Waals surface area contributed by atoms with Crippen LogP contribution in [0.2, 0.25) is 0 Å². The van der Waals surface area contributed by atoms with Crippen molar-refractivity contribution in [3.8, 4) is 0 Å². The molecule has 108 valence electrons. The van der Waals surface area contributed by atoms with E-state index in [9.17, 15) is 8.42 Å². The Balaban J connectivity index is 2.29. The van der Waals surface area contributed by atoms with Gasteiger partial charge < -0.3 is 5.73 Å². The Morgan fingerprint density at radius 3 is 2.55 bits per heavy atom. The Morgan fingerprint density at radius 1 is 1.30 bits per heavy atom. The Hall–Kier alpha value is -0.410. The minimum Gasteiger partial charge on any atom is -0.399 e. The van der Waals surface area contributed by atoms with Gasteiger partial charge in [-0.25, -0.2) is 8.42 Å². The number of benzene rings is 1. The van der Waals surface area contributed by atoms with Gasteiger partial charge in [0.2, 0.25) is 10.0 Å². The number of hydrogen-bond acceptors (Lipinski definition) is 4. The van der Waals surface area contributed by atoms with Crippen LogP contribution in [0.5, 0.6) is 0 Å². The highest BCUT2D eigenvalue weighted by Gasteiger charge is 2.23. The van der Waals surface area contributed by atoms with Crippen LogP contribution in [0.1, 0.15) is 5.56 Å². The molecule has 2 N–H and O–H groups in total. The van der Waals surface area contributed by atoms with Gasteiger partial charge in [0, 0.05) is 23.8 Å². The first kappa shape index (κ1) is 16.0. The number of sulfonamides is 1. The summed E-state index contributed by atoms with van der Waals surface area (Å²) >= 11 is 8.14. The number of thiophene rings is 1. The molecule has 0 aliphatic rings. The summed E-state index contributed by atoms with van der Waals surface area (Å²) in [6, 6.07) is 6.58. The van der Waals surface area contributed by atoms with Gasteiger partial charge in [0.1, 0.15) is 0 Å². The first-order chi connectivity index (χ1) is 9.30. The molecule has 0 spiro atoms. The van der Waals surface area contributed by atoms with Crippen molar-refractivity contribution < 1.29 is 8.42 Å². The summed E-state index contributed by atoms with van der Waals surface area (Å²) in [6.07, 6.45) is 0. The van der Waals surface area contributed by atoms with Crippen LogP contribution in [0, 0.1) is 0 Å². The fourth-order valence-electron chi connectivity index (χ4n) is 1.66. The van der Waals surface area contributed by atoms with Crippen LogP contribution in [-0.2, 0) is 16.6 Å². The van der Waals surface area contributed by atoms with Gasteiger partial charge in [-0.15, -0.1) is 11.3 Å². The highest BCUT2D eigenvalue weighted by atomic mass is 79.9. The van der Waals surface area contributed by atoms with Crippen molar-refractivity contribution in [2.24, 2.45) is 0 Å². The second-order valence-electron chi connectivity index (χ2n) is 4.21. The molecule has 0 unspecified atom stereocenters. The molecule has 2 aromatic rings. The van der Waals surface area contributed by atoms with Gasteiger partial charge in [-0.3, -0.25) is 0 Å². The summed E-state index contributed by atoms with van der Waals surface area (Å²) in [5.41, 5.74) is 7.09. The lowest BCUT2D eigenvalue weighted by Gasteiger charge is -2.17. The summed E-state index contributed by atoms with van der Waals surface area (Å²) in [7, 11) is -2.00. The predicted molar refractivity (Wildman–Crippen MR) is 89.2 cm³/mol. The van der Waals surface area contributed by atoms with Gasteiger partial charge in [-0.1, -0.05) is 0 Å². The first-order valence-electron chi connectivity index (χ1n) is 5.55. The summed E-state index contributed by atoms with van der Waals surface area (Å²) in [5.74, 6) is 0. The predicted octanol–water partition coefficient (Wildman–Crippen LogP) is 3.68. The van der Waals surface area contributed by atoms with E-state index in [4.69, 9.17) is 5.73 Å². The molecule has 0 aliphatic carbocycles. The zero-order chi connectivity index (χ0) is 14.9. The van der Waals surface area contributed by atoms with E-state index in [1.54, 1.807) is 19.2 Å². The summed E-state index contributed by atoms with van der Waals surface area (Å²) in [4.78, 5) is 0.212. The number of nitrogen functional groups attached to an aromatic ring is 1. The Bertz CT molecular complexity index is 729. The average molecular weight is 440 g/mol. The summed E-state index contributed by atoms with van der Waals surface area (Å²) in [5, 5.41) is 1.92. The first-order valence-corrected chi connectivity index (χ1v) is 9.45. The molecule has 1 aromatic carbocycles. The van der Waals surface area contributed by atoms with E-state index < -0.39 is 10.0 Å². The third-order valence-corrected chi connectivity index (χ3v) is 7.00. The van der Waals surface area contributed by atoms with E-state index >= 15 is 0 Å². The van der Waals surface area contributed by atoms with Crippen molar-refractivity contribution >= 4 is 58.9 Å². The Kier molecular flexibility index (Phi) is 4.91. The second kappa shape index (κ2) is 6.15. The lowest BCUT2D eigenvalue weighted by Crippen LogP contribution is -2.26. The third-order valence-electron chi connectivity index (χ3n) is 2.67. The maximum atomic E-state index is 12.5. The number of nitrogens with zero attached hydrogens (tertiary/aromatic N) is 1. The van der Waals surface area contributed by atoms with Crippen LogP contribution < -0.4 is 5.73 Å². The molecule has 0 saturated carbocycles. The van der Waals surface area contributed by atoms with Gasteiger partial charge in [0.25, 0.3) is 0 Å². The topological polar surface area (TPSA) is 63.4 Å². The van der Waals surface area contributed by atoms with E-state index in [1.165, 1.54) is 21.7 Å². The van der Waals surface area contributed by atoms with Crippen molar-refractivity contribution in [3.63, 3.8) is 0 Å². The molecule has 0 atom stereocenters. The Morgan fingerprint density at radius 2 is 2.00 bits per heavy atom. The maximum absolute atomic E-state index is 12.5. The molecule has 0 aliphatic heterocycles. The minimum absolute atomic E-state index is 0.212. The highest BCUT2D eigenvalue weighted by molar-refractivity contribution is 9.11. The van der Waals surface area contributed by atoms with E-state index in [-0.39, 0.29) is 4.90 Å². The van der Waals surface area contributed by atoms with E-state index in [0.717, 1.165) is 9.35 Å². The van der Waals surface area contributed by atoms with E-state index in [0.29, 0.717) is 16.7 Å². The lowest BCUT2D eigenvalue weighted by atomic mass is 10.3. The monoisotopic (exact) mass is 438 g/mol. The zero-order valence-corrected chi connectivity index (χ0v) is 15.3. The summed E-state index contributed by atoms with van der Waals surface area (Å²) < 4.78 is 27.8. The van der Waals surface area contributed by atoms with Gasteiger partial charge in [0.05, 0.1) is 8.68 Å². The van der Waals surface area contributed by atoms with Gasteiger partial charge in [-0.05, 0) is 67.1 Å². The molecule has 20 heavy (non-hydrogen) atoms. The zero-order valence-electron chi connectivity index (χ0n) is 10.5. The van der Waals surface area contributed by atoms with Crippen molar-refractivity contribution in [3.05, 3.63) is 43.5 Å². The van der Waals surface area contributed by atoms with Crippen LogP contribution in [-0.4, -0.2) is 19.8 Å². The normalized spacial score (nSPS) is 12.0. The SMILES string of the molecule is CN(Cc1csc(Br)c1)S(=O)(=O)c1ccc(N)cc1Br. The maximum Gasteiger partial charge on any atom is 0.244 e. The van der Waals surface area contributed by atoms with Crippen LogP contribution >= 0.6 is 43.2 Å². The second-order valence-corrected chi connectivity index (χ2v) is 9.37. The van der Waals surface area contributed by atoms with E-state index in [2.05, 4.69) is 31.9 Å². The molecule has 0 radical (unpaired) electrons. The van der Waals surface area contributed by atoms with Crippen LogP contribution in [0.3, 0.4) is 0 Å². The molecule has 4 nitrogen and oxygen atoms in total. The standard InChI is InChI=1S/C12H12Br2N2O2S2/c1-16(6-8-4-12(14)19-7-8)20(17,18)11-3-2-9(15)5-10(11)13/h2-5,7H,6,15H2,1H3. The smallest absolute Gasteiger partial charge is 0.244 e. The summed E-state index contributed by atoms with van der Waals surface area (Å²) in [6.45, 7) is 0.321. The van der Waals surface area contributed by atoms with Crippen molar-refractivity contribution in [1.82, 2.24) is 4.31 Å². The lowest BCUT2D eigenvalue weighted by molar-refractivity contribution is 0.467. The van der Waals surface area contributed by atoms with Crippen LogP contribution in [0.4, 0.5) is 5.69 Å². The third kappa shape index (κ3) is 3.43. The average Bonchev–Trinajstić information content (AvgIpc) is 2.74. The minimum atomic E-state index is -3.56. The van der Waals surface area contributed by atoms with Gasteiger partial charge in [0.15, 0.2) is 0 Å². The van der Waals surface area contributed by atoms with Crippen LogP contribution in [0.25, 0.3) is 0 Å². The van der Waals surface area contributed by atoms with Crippen LogP contribution in [0.15, 0.2) is 42.8 Å². The molecular formula is C12H12Br2N2O2S2. The fourth-order valence-corrected chi connectivity index (χ4v) is 5.08. The molecule has 1 heterocycles. The number of halogens is 2. The molecule has 0 bridgehead atoms.